The minimum atomic E-state index is -0.605. The van der Waals surface area contributed by atoms with Crippen LogP contribution in [0.15, 0.2) is 0 Å². The zero-order chi connectivity index (χ0) is 11.1. The second kappa shape index (κ2) is 6.23. The highest BCUT2D eigenvalue weighted by molar-refractivity contribution is 5.76. The molecule has 1 aliphatic rings. The molecule has 0 spiro atoms. The van der Waals surface area contributed by atoms with Gasteiger partial charge in [-0.25, -0.2) is 10.3 Å². The number of hydrogen-bond acceptors (Lipinski definition) is 3. The summed E-state index contributed by atoms with van der Waals surface area (Å²) in [6, 6.07) is -0.293. The van der Waals surface area contributed by atoms with Crippen LogP contribution in [0.25, 0.3) is 0 Å². The average Bonchev–Trinajstić information content (AvgIpc) is 2.44. The van der Waals surface area contributed by atoms with E-state index in [1.54, 1.807) is 4.90 Å². The summed E-state index contributed by atoms with van der Waals surface area (Å²) in [7, 11) is 0. The number of likely N-dealkylation sites (tertiary alicyclic amines) is 1. The normalized spacial score (nSPS) is 16.9. The van der Waals surface area contributed by atoms with E-state index in [0.717, 1.165) is 38.8 Å². The monoisotopic (exact) mass is 215 g/mol. The van der Waals surface area contributed by atoms with Crippen molar-refractivity contribution in [2.75, 3.05) is 19.7 Å². The maximum absolute atomic E-state index is 11.5. The van der Waals surface area contributed by atoms with E-state index >= 15 is 0 Å². The quantitative estimate of drug-likeness (QED) is 0.649. The molecule has 0 aliphatic carbocycles. The van der Waals surface area contributed by atoms with Crippen LogP contribution in [0.4, 0.5) is 4.79 Å². The van der Waals surface area contributed by atoms with Crippen molar-refractivity contribution in [3.63, 3.8) is 0 Å². The van der Waals surface area contributed by atoms with E-state index < -0.39 is 5.91 Å². The number of rotatable bonds is 3. The minimum Gasteiger partial charge on any atom is -0.368 e. The van der Waals surface area contributed by atoms with E-state index in [9.17, 15) is 9.59 Å². The lowest BCUT2D eigenvalue weighted by molar-refractivity contribution is -0.124. The summed E-state index contributed by atoms with van der Waals surface area (Å²) in [5.41, 5.74) is 7.05. The molecular formula is C9H17N3O3. The van der Waals surface area contributed by atoms with Crippen molar-refractivity contribution in [3.8, 4) is 0 Å². The van der Waals surface area contributed by atoms with E-state index in [1.165, 1.54) is 0 Å². The highest BCUT2D eigenvalue weighted by Gasteiger charge is 2.15. The van der Waals surface area contributed by atoms with Crippen molar-refractivity contribution in [2.45, 2.75) is 25.7 Å². The summed E-state index contributed by atoms with van der Waals surface area (Å²) >= 11 is 0. The molecule has 1 aliphatic heterocycles. The number of carbonyl (C=O) groups excluding carboxylic acids is 2. The van der Waals surface area contributed by atoms with E-state index in [1.807, 2.05) is 0 Å². The van der Waals surface area contributed by atoms with Crippen molar-refractivity contribution in [3.05, 3.63) is 0 Å². The maximum atomic E-state index is 11.5. The highest BCUT2D eigenvalue weighted by atomic mass is 16.7. The van der Waals surface area contributed by atoms with Crippen LogP contribution in [-0.4, -0.2) is 36.5 Å². The van der Waals surface area contributed by atoms with Gasteiger partial charge in [0.1, 0.15) is 0 Å². The molecule has 0 unspecified atom stereocenters. The molecule has 0 atom stereocenters. The van der Waals surface area contributed by atoms with Crippen LogP contribution in [0.1, 0.15) is 25.7 Å². The average molecular weight is 215 g/mol. The summed E-state index contributed by atoms with van der Waals surface area (Å²) < 4.78 is 0. The first-order valence-corrected chi connectivity index (χ1v) is 5.15. The zero-order valence-corrected chi connectivity index (χ0v) is 8.70. The minimum absolute atomic E-state index is 0.292. The van der Waals surface area contributed by atoms with Crippen LogP contribution in [-0.2, 0) is 9.63 Å². The molecular weight excluding hydrogens is 198 g/mol. The number of urea groups is 1. The second-order valence-corrected chi connectivity index (χ2v) is 3.56. The molecule has 0 radical (unpaired) electrons. The number of carbonyl (C=O) groups is 2. The third-order valence-corrected chi connectivity index (χ3v) is 2.27. The van der Waals surface area contributed by atoms with Gasteiger partial charge in [-0.15, -0.1) is 0 Å². The molecule has 0 aromatic rings. The summed E-state index contributed by atoms with van der Waals surface area (Å²) in [6.07, 6.45) is 4.35. The first kappa shape index (κ1) is 11.8. The Kier molecular flexibility index (Phi) is 4.89. The van der Waals surface area contributed by atoms with Gasteiger partial charge in [-0.05, 0) is 12.8 Å². The van der Waals surface area contributed by atoms with Crippen LogP contribution in [0.2, 0.25) is 0 Å². The summed E-state index contributed by atoms with van der Waals surface area (Å²) in [4.78, 5) is 28.1. The van der Waals surface area contributed by atoms with E-state index in [0.29, 0.717) is 0 Å². The molecule has 1 saturated heterocycles. The van der Waals surface area contributed by atoms with Gasteiger partial charge in [0, 0.05) is 13.1 Å². The Morgan fingerprint density at radius 3 is 2.33 bits per heavy atom. The van der Waals surface area contributed by atoms with E-state index in [2.05, 4.69) is 10.3 Å². The predicted octanol–water partition coefficient (Wildman–Crippen LogP) is -0.0111. The molecule has 1 rings (SSSR count). The Labute approximate surface area is 88.7 Å². The zero-order valence-electron chi connectivity index (χ0n) is 8.70. The van der Waals surface area contributed by atoms with E-state index in [-0.39, 0.29) is 12.6 Å². The smallest absolute Gasteiger partial charge is 0.341 e. The Morgan fingerprint density at radius 2 is 1.80 bits per heavy atom. The van der Waals surface area contributed by atoms with Crippen molar-refractivity contribution in [2.24, 2.45) is 5.73 Å². The number of nitrogens with zero attached hydrogens (tertiary/aromatic N) is 1. The Morgan fingerprint density at radius 1 is 1.20 bits per heavy atom. The number of amides is 3. The van der Waals surface area contributed by atoms with Gasteiger partial charge >= 0.3 is 6.03 Å². The fourth-order valence-corrected chi connectivity index (χ4v) is 1.51. The lowest BCUT2D eigenvalue weighted by Crippen LogP contribution is -2.41. The predicted molar refractivity (Wildman–Crippen MR) is 53.7 cm³/mol. The highest BCUT2D eigenvalue weighted by Crippen LogP contribution is 2.09. The molecule has 1 fully saturated rings. The van der Waals surface area contributed by atoms with Crippen LogP contribution < -0.4 is 11.2 Å². The molecule has 3 amide bonds. The lowest BCUT2D eigenvalue weighted by Gasteiger charge is -2.19. The van der Waals surface area contributed by atoms with Gasteiger partial charge in [0.25, 0.3) is 0 Å². The number of hydrogen-bond donors (Lipinski definition) is 2. The second-order valence-electron chi connectivity index (χ2n) is 3.56. The third-order valence-electron chi connectivity index (χ3n) is 2.27. The molecule has 3 N–H and O–H groups in total. The Hall–Kier alpha value is -1.30. The molecule has 0 bridgehead atoms. The Balaban J connectivity index is 2.22. The summed E-state index contributed by atoms with van der Waals surface area (Å²) in [6.45, 7) is 1.19. The van der Waals surface area contributed by atoms with Crippen molar-refractivity contribution in [1.29, 1.82) is 0 Å². The van der Waals surface area contributed by atoms with Gasteiger partial charge in [0.2, 0.25) is 5.91 Å². The lowest BCUT2D eigenvalue weighted by atomic mass is 10.2. The molecule has 6 nitrogen and oxygen atoms in total. The van der Waals surface area contributed by atoms with Gasteiger partial charge < -0.3 is 10.6 Å². The van der Waals surface area contributed by atoms with Gasteiger partial charge in [-0.3, -0.25) is 9.63 Å². The van der Waals surface area contributed by atoms with E-state index in [4.69, 9.17) is 5.73 Å². The number of nitrogens with one attached hydrogen (secondary N) is 1. The SMILES string of the molecule is NC(=O)CONC(=O)N1CCCCCC1. The van der Waals surface area contributed by atoms with Gasteiger partial charge in [0.15, 0.2) is 6.61 Å². The van der Waals surface area contributed by atoms with Crippen LogP contribution in [0.3, 0.4) is 0 Å². The first-order valence-electron chi connectivity index (χ1n) is 5.15. The van der Waals surface area contributed by atoms with Crippen molar-refractivity contribution >= 4 is 11.9 Å². The van der Waals surface area contributed by atoms with Crippen LogP contribution >= 0.6 is 0 Å². The number of nitrogens with two attached hydrogens (primary N) is 1. The fraction of sp³-hybridized carbons (Fsp3) is 0.778. The first-order chi connectivity index (χ1) is 7.20. The summed E-state index contributed by atoms with van der Waals surface area (Å²) in [5, 5.41) is 0. The number of hydroxylamine groups is 1. The van der Waals surface area contributed by atoms with Gasteiger partial charge in [-0.2, -0.15) is 0 Å². The van der Waals surface area contributed by atoms with Crippen LogP contribution in [0, 0.1) is 0 Å². The van der Waals surface area contributed by atoms with Crippen molar-refractivity contribution in [1.82, 2.24) is 10.4 Å². The number of primary amides is 1. The molecule has 86 valence electrons. The van der Waals surface area contributed by atoms with Gasteiger partial charge in [-0.1, -0.05) is 12.8 Å². The molecule has 6 heteroatoms. The molecule has 0 aromatic heterocycles. The topological polar surface area (TPSA) is 84.7 Å². The standard InChI is InChI=1S/C9H17N3O3/c10-8(13)7-15-11-9(14)12-5-3-1-2-4-6-12/h1-7H2,(H2,10,13)(H,11,14). The molecule has 15 heavy (non-hydrogen) atoms. The van der Waals surface area contributed by atoms with Crippen molar-refractivity contribution < 1.29 is 14.4 Å². The summed E-state index contributed by atoms with van der Waals surface area (Å²) in [5.74, 6) is -0.605. The molecule has 0 aromatic carbocycles. The third kappa shape index (κ3) is 4.64. The molecule has 1 heterocycles. The molecule has 0 saturated carbocycles. The fourth-order valence-electron chi connectivity index (χ4n) is 1.51. The van der Waals surface area contributed by atoms with Gasteiger partial charge in [0.05, 0.1) is 0 Å². The largest absolute Gasteiger partial charge is 0.368 e. The van der Waals surface area contributed by atoms with Crippen LogP contribution in [0.5, 0.6) is 0 Å². The maximum Gasteiger partial charge on any atom is 0.341 e. The Bertz CT molecular complexity index is 225.